The van der Waals surface area contributed by atoms with E-state index >= 15 is 0 Å². The van der Waals surface area contributed by atoms with Crippen molar-refractivity contribution in [2.45, 2.75) is 63.6 Å². The highest BCUT2D eigenvalue weighted by Crippen LogP contribution is 2.39. The summed E-state index contributed by atoms with van der Waals surface area (Å²) in [6, 6.07) is 19.9. The van der Waals surface area contributed by atoms with E-state index < -0.39 is 46.0 Å². The minimum atomic E-state index is -3.92. The first-order valence-corrected chi connectivity index (χ1v) is 18.2. The lowest BCUT2D eigenvalue weighted by Gasteiger charge is -2.44. The largest absolute Gasteiger partial charge is 0.405 e. The molecule has 1 fully saturated rings. The van der Waals surface area contributed by atoms with E-state index in [-0.39, 0.29) is 31.3 Å². The maximum absolute atomic E-state index is 12.4. The normalized spacial score (nSPS) is 21.1. The van der Waals surface area contributed by atoms with Crippen molar-refractivity contribution in [3.63, 3.8) is 0 Å². The fraction of sp³-hybridized carbons (Fsp3) is 0.556. The van der Waals surface area contributed by atoms with E-state index in [1.807, 2.05) is 60.7 Å². The molecular weight excluding hydrogens is 561 g/mol. The van der Waals surface area contributed by atoms with Gasteiger partial charge in [-0.15, -0.1) is 0 Å². The van der Waals surface area contributed by atoms with Crippen LogP contribution in [0.25, 0.3) is 0 Å². The van der Waals surface area contributed by atoms with Gasteiger partial charge in [0.25, 0.3) is 28.6 Å². The molecule has 0 N–H and O–H groups in total. The van der Waals surface area contributed by atoms with E-state index in [4.69, 9.17) is 22.3 Å². The monoisotopic (exact) mass is 600 g/mol. The minimum absolute atomic E-state index is 0.0155. The van der Waals surface area contributed by atoms with Gasteiger partial charge in [-0.2, -0.15) is 16.8 Å². The van der Waals surface area contributed by atoms with Crippen molar-refractivity contribution in [1.82, 2.24) is 0 Å². The predicted molar refractivity (Wildman–Crippen MR) is 153 cm³/mol. The van der Waals surface area contributed by atoms with Crippen LogP contribution in [0.5, 0.6) is 0 Å². The molecule has 0 aliphatic carbocycles. The molecule has 1 aliphatic heterocycles. The summed E-state index contributed by atoms with van der Waals surface area (Å²) in [5.41, 5.74) is -1.28. The molecule has 1 saturated heterocycles. The van der Waals surface area contributed by atoms with Gasteiger partial charge in [0, 0.05) is 6.42 Å². The Morgan fingerprint density at radius 3 is 1.79 bits per heavy atom. The second kappa shape index (κ2) is 11.7. The third-order valence-corrected chi connectivity index (χ3v) is 12.7. The van der Waals surface area contributed by atoms with Gasteiger partial charge in [0.1, 0.15) is 11.7 Å². The van der Waals surface area contributed by atoms with Crippen LogP contribution in [0, 0.1) is 0 Å². The third kappa shape index (κ3) is 8.43. The van der Waals surface area contributed by atoms with Crippen LogP contribution in [0.3, 0.4) is 0 Å². The molecule has 0 aromatic heterocycles. The summed E-state index contributed by atoms with van der Waals surface area (Å²) in [5, 5.41) is 1.70. The van der Waals surface area contributed by atoms with E-state index in [1.54, 1.807) is 13.8 Å². The van der Waals surface area contributed by atoms with Crippen molar-refractivity contribution < 1.29 is 39.1 Å². The van der Waals surface area contributed by atoms with Gasteiger partial charge in [0.05, 0.1) is 32.3 Å². The molecule has 2 aromatic carbocycles. The van der Waals surface area contributed by atoms with Crippen molar-refractivity contribution in [3.05, 3.63) is 60.7 Å². The quantitative estimate of drug-likeness (QED) is 0.268. The molecule has 1 heterocycles. The molecule has 3 rings (SSSR count). The molecule has 0 amide bonds. The van der Waals surface area contributed by atoms with Crippen molar-refractivity contribution >= 4 is 38.9 Å². The Kier molecular flexibility index (Phi) is 9.55. The van der Waals surface area contributed by atoms with Crippen molar-refractivity contribution in [1.29, 1.82) is 0 Å². The number of hydrogen-bond donors (Lipinski definition) is 0. The summed E-state index contributed by atoms with van der Waals surface area (Å²) < 4.78 is 77.8. The van der Waals surface area contributed by atoms with Crippen LogP contribution in [0.1, 0.15) is 41.0 Å². The van der Waals surface area contributed by atoms with Gasteiger partial charge in [-0.1, -0.05) is 81.4 Å². The van der Waals surface area contributed by atoms with E-state index in [0.717, 1.165) is 22.9 Å². The molecule has 9 nitrogen and oxygen atoms in total. The number of benzene rings is 2. The summed E-state index contributed by atoms with van der Waals surface area (Å²) in [5.74, 6) is -1.03. The zero-order chi connectivity index (χ0) is 29.2. The number of rotatable bonds is 12. The lowest BCUT2D eigenvalue weighted by Crippen LogP contribution is -2.67. The van der Waals surface area contributed by atoms with Crippen LogP contribution in [-0.4, -0.2) is 75.0 Å². The zero-order valence-corrected chi connectivity index (χ0v) is 26.3. The minimum Gasteiger partial charge on any atom is -0.405 e. The predicted octanol–water partition coefficient (Wildman–Crippen LogP) is 2.80. The smallest absolute Gasteiger partial charge is 0.264 e. The Bertz CT molecular complexity index is 1270. The van der Waals surface area contributed by atoms with Crippen LogP contribution < -0.4 is 10.4 Å². The Labute approximate surface area is 234 Å². The van der Waals surface area contributed by atoms with Gasteiger partial charge in [0.2, 0.25) is 0 Å². The number of hydrogen-bond acceptors (Lipinski definition) is 9. The van der Waals surface area contributed by atoms with Gasteiger partial charge in [0.15, 0.2) is 5.79 Å². The van der Waals surface area contributed by atoms with Gasteiger partial charge >= 0.3 is 0 Å². The average molecular weight is 601 g/mol. The lowest BCUT2D eigenvalue weighted by atomic mass is 9.98. The summed E-state index contributed by atoms with van der Waals surface area (Å²) in [4.78, 5) is 0. The Balaban J connectivity index is 2.04. The van der Waals surface area contributed by atoms with E-state index in [2.05, 4.69) is 20.8 Å². The molecule has 12 heteroatoms. The number of ether oxygens (including phenoxy) is 2. The van der Waals surface area contributed by atoms with Crippen LogP contribution >= 0.6 is 0 Å². The first-order chi connectivity index (χ1) is 17.9. The molecule has 0 spiro atoms. The maximum atomic E-state index is 12.4. The zero-order valence-electron chi connectivity index (χ0n) is 23.7. The molecule has 0 unspecified atom stereocenters. The maximum Gasteiger partial charge on any atom is 0.264 e. The molecule has 39 heavy (non-hydrogen) atoms. The van der Waals surface area contributed by atoms with E-state index in [0.29, 0.717) is 0 Å². The summed E-state index contributed by atoms with van der Waals surface area (Å²) in [7, 11) is -10.7. The van der Waals surface area contributed by atoms with Crippen LogP contribution in [-0.2, 0) is 42.5 Å². The molecular formula is C27H40O9S2Si. The standard InChI is InChI=1S/C27H40O9S2Si/c1-25(2,3)39(23-14-10-8-11-15-23,24-16-12-9-13-17-24)34-19-22(35-38(7,30)31)18-27(21-33-37(6,28)29)20-32-26(4,5)36-27/h8-17,22H,18-21H2,1-7H3/t22-,27-/m0/s1. The van der Waals surface area contributed by atoms with Crippen LogP contribution in [0.4, 0.5) is 0 Å². The summed E-state index contributed by atoms with van der Waals surface area (Å²) in [6.07, 6.45) is 0.857. The molecule has 0 saturated carbocycles. The molecule has 0 radical (unpaired) electrons. The second-order valence-electron chi connectivity index (χ2n) is 11.5. The summed E-state index contributed by atoms with van der Waals surface area (Å²) in [6.45, 7) is 9.26. The fourth-order valence-electron chi connectivity index (χ4n) is 5.09. The second-order valence-corrected chi connectivity index (χ2v) is 19.1. The highest BCUT2D eigenvalue weighted by molar-refractivity contribution is 7.86. The molecule has 0 bridgehead atoms. The van der Waals surface area contributed by atoms with Crippen molar-refractivity contribution in [2.24, 2.45) is 0 Å². The Morgan fingerprint density at radius 1 is 0.897 bits per heavy atom. The lowest BCUT2D eigenvalue weighted by molar-refractivity contribution is -0.173. The van der Waals surface area contributed by atoms with Crippen molar-refractivity contribution in [3.8, 4) is 0 Å². The molecule has 1 aliphatic rings. The van der Waals surface area contributed by atoms with Crippen LogP contribution in [0.15, 0.2) is 60.7 Å². The van der Waals surface area contributed by atoms with Crippen LogP contribution in [0.2, 0.25) is 5.04 Å². The van der Waals surface area contributed by atoms with E-state index in [9.17, 15) is 16.8 Å². The molecule has 218 valence electrons. The van der Waals surface area contributed by atoms with Gasteiger partial charge in [-0.05, 0) is 29.3 Å². The third-order valence-electron chi connectivity index (χ3n) is 6.49. The first kappa shape index (κ1) is 31.9. The van der Waals surface area contributed by atoms with Gasteiger partial charge in [-0.3, -0.25) is 8.37 Å². The topological polar surface area (TPSA) is 114 Å². The SMILES string of the molecule is CC1(C)OC[C@](COS(C)(=O)=O)(C[C@@H](CO[Si](c2ccccc2)(c2ccccc2)C(C)(C)C)OS(C)(=O)=O)O1. The van der Waals surface area contributed by atoms with Crippen molar-refractivity contribution in [2.75, 3.05) is 32.3 Å². The summed E-state index contributed by atoms with van der Waals surface area (Å²) >= 11 is 0. The fourth-order valence-corrected chi connectivity index (χ4v) is 10.7. The van der Waals surface area contributed by atoms with E-state index in [1.165, 1.54) is 0 Å². The average Bonchev–Trinajstić information content (AvgIpc) is 3.11. The molecule has 2 atom stereocenters. The highest BCUT2D eigenvalue weighted by atomic mass is 32.2. The Hall–Kier alpha value is -1.64. The first-order valence-electron chi connectivity index (χ1n) is 12.7. The van der Waals surface area contributed by atoms with Gasteiger partial charge < -0.3 is 13.9 Å². The Morgan fingerprint density at radius 2 is 1.41 bits per heavy atom. The van der Waals surface area contributed by atoms with Gasteiger partial charge in [-0.25, -0.2) is 0 Å². The molecule has 2 aromatic rings. The highest BCUT2D eigenvalue weighted by Gasteiger charge is 2.52.